The zero-order valence-electron chi connectivity index (χ0n) is 16.7. The van der Waals surface area contributed by atoms with Crippen LogP contribution in [0.15, 0.2) is 78.9 Å². The Labute approximate surface area is 175 Å². The summed E-state index contributed by atoms with van der Waals surface area (Å²) >= 11 is 0. The first kappa shape index (κ1) is 19.7. The number of benzene rings is 3. The van der Waals surface area contributed by atoms with E-state index in [2.05, 4.69) is 29.6 Å². The summed E-state index contributed by atoms with van der Waals surface area (Å²) < 4.78 is 10.4. The second-order valence-corrected chi connectivity index (χ2v) is 7.21. The van der Waals surface area contributed by atoms with E-state index in [1.807, 2.05) is 54.6 Å². The fourth-order valence-corrected chi connectivity index (χ4v) is 3.97. The summed E-state index contributed by atoms with van der Waals surface area (Å²) in [7, 11) is 1.33. The number of nitrogens with one attached hydrogen (secondary N) is 1. The van der Waals surface area contributed by atoms with E-state index in [0.29, 0.717) is 0 Å². The normalized spacial score (nSPS) is 13.1. The van der Waals surface area contributed by atoms with Crippen LogP contribution in [0.25, 0.3) is 11.1 Å². The van der Waals surface area contributed by atoms with Crippen molar-refractivity contribution in [3.63, 3.8) is 0 Å². The largest absolute Gasteiger partial charge is 0.469 e. The molecule has 4 rings (SSSR count). The van der Waals surface area contributed by atoms with Gasteiger partial charge >= 0.3 is 12.1 Å². The molecular formula is C25H23NO4. The molecule has 30 heavy (non-hydrogen) atoms. The van der Waals surface area contributed by atoms with Crippen LogP contribution < -0.4 is 5.32 Å². The number of rotatable bonds is 6. The zero-order valence-corrected chi connectivity index (χ0v) is 16.7. The maximum absolute atomic E-state index is 12.6. The van der Waals surface area contributed by atoms with Gasteiger partial charge < -0.3 is 14.8 Å². The smallest absolute Gasteiger partial charge is 0.407 e. The van der Waals surface area contributed by atoms with Gasteiger partial charge in [-0.25, -0.2) is 4.79 Å². The van der Waals surface area contributed by atoms with E-state index in [0.717, 1.165) is 16.7 Å². The summed E-state index contributed by atoms with van der Waals surface area (Å²) in [5.74, 6) is -0.415. The van der Waals surface area contributed by atoms with Gasteiger partial charge in [0.15, 0.2) is 0 Å². The average molecular weight is 401 g/mol. The van der Waals surface area contributed by atoms with Gasteiger partial charge in [0, 0.05) is 5.92 Å². The van der Waals surface area contributed by atoms with Crippen molar-refractivity contribution in [1.82, 2.24) is 5.32 Å². The molecule has 0 heterocycles. The van der Waals surface area contributed by atoms with Crippen LogP contribution in [0.4, 0.5) is 4.79 Å². The highest BCUT2D eigenvalue weighted by atomic mass is 16.5. The number of esters is 1. The van der Waals surface area contributed by atoms with E-state index in [-0.39, 0.29) is 18.9 Å². The summed E-state index contributed by atoms with van der Waals surface area (Å²) in [6, 6.07) is 25.2. The molecule has 3 aromatic carbocycles. The van der Waals surface area contributed by atoms with E-state index < -0.39 is 18.1 Å². The zero-order chi connectivity index (χ0) is 20.9. The molecule has 0 unspecified atom stereocenters. The molecule has 1 aliphatic rings. The minimum atomic E-state index is -0.561. The van der Waals surface area contributed by atoms with Crippen molar-refractivity contribution in [2.45, 2.75) is 18.4 Å². The molecule has 0 saturated carbocycles. The Bertz CT molecular complexity index is 1000. The average Bonchev–Trinajstić information content (AvgIpc) is 3.11. The molecule has 0 radical (unpaired) electrons. The van der Waals surface area contributed by atoms with Crippen LogP contribution in [0.3, 0.4) is 0 Å². The third kappa shape index (κ3) is 4.06. The molecule has 1 amide bonds. The van der Waals surface area contributed by atoms with Crippen molar-refractivity contribution in [1.29, 1.82) is 0 Å². The Morgan fingerprint density at radius 3 is 2.03 bits per heavy atom. The number of hydrogen-bond acceptors (Lipinski definition) is 4. The highest BCUT2D eigenvalue weighted by Crippen LogP contribution is 2.44. The van der Waals surface area contributed by atoms with Crippen LogP contribution in [0, 0.1) is 0 Å². The van der Waals surface area contributed by atoms with Crippen molar-refractivity contribution >= 4 is 12.1 Å². The van der Waals surface area contributed by atoms with Crippen molar-refractivity contribution in [2.75, 3.05) is 13.7 Å². The topological polar surface area (TPSA) is 64.6 Å². The number of amides is 1. The lowest BCUT2D eigenvalue weighted by Gasteiger charge is -2.19. The molecular weight excluding hydrogens is 378 g/mol. The van der Waals surface area contributed by atoms with Gasteiger partial charge in [0.05, 0.1) is 19.6 Å². The SMILES string of the molecule is COC(=O)C[C@H](NC(=O)OCC1c2ccccc2-c2ccccc21)c1ccccc1. The van der Waals surface area contributed by atoms with E-state index in [9.17, 15) is 9.59 Å². The summed E-state index contributed by atoms with van der Waals surface area (Å²) in [6.07, 6.45) is -0.528. The Kier molecular flexibility index (Phi) is 5.80. The number of alkyl carbamates (subject to hydrolysis) is 1. The fraction of sp³-hybridized carbons (Fsp3) is 0.200. The number of carbonyl (C=O) groups is 2. The standard InChI is InChI=1S/C25H23NO4/c1-29-24(27)15-23(17-9-3-2-4-10-17)26-25(28)30-16-22-20-13-7-5-11-18(20)19-12-6-8-14-21(19)22/h2-14,22-23H,15-16H2,1H3,(H,26,28)/t23-/m0/s1. The van der Waals surface area contributed by atoms with Crippen molar-refractivity contribution in [2.24, 2.45) is 0 Å². The quantitative estimate of drug-likeness (QED) is 0.601. The second kappa shape index (κ2) is 8.82. The number of carbonyl (C=O) groups excluding carboxylic acids is 2. The molecule has 1 aliphatic carbocycles. The van der Waals surface area contributed by atoms with Gasteiger partial charge in [-0.15, -0.1) is 0 Å². The van der Waals surface area contributed by atoms with Gasteiger partial charge in [0.2, 0.25) is 0 Å². The molecule has 0 aliphatic heterocycles. The van der Waals surface area contributed by atoms with E-state index >= 15 is 0 Å². The van der Waals surface area contributed by atoms with Gasteiger partial charge in [0.1, 0.15) is 6.61 Å². The Balaban J connectivity index is 1.47. The summed E-state index contributed by atoms with van der Waals surface area (Å²) in [5.41, 5.74) is 5.47. The monoisotopic (exact) mass is 401 g/mol. The van der Waals surface area contributed by atoms with Crippen LogP contribution in [0.1, 0.15) is 35.1 Å². The maximum Gasteiger partial charge on any atom is 0.407 e. The van der Waals surface area contributed by atoms with Gasteiger partial charge in [-0.1, -0.05) is 78.9 Å². The molecule has 5 heteroatoms. The van der Waals surface area contributed by atoms with Crippen molar-refractivity contribution in [3.05, 3.63) is 95.6 Å². The molecule has 1 atom stereocenters. The minimum Gasteiger partial charge on any atom is -0.469 e. The summed E-state index contributed by atoms with van der Waals surface area (Å²) in [4.78, 5) is 24.4. The third-order valence-corrected chi connectivity index (χ3v) is 5.44. The highest BCUT2D eigenvalue weighted by Gasteiger charge is 2.29. The molecule has 1 N–H and O–H groups in total. The van der Waals surface area contributed by atoms with Crippen LogP contribution in [-0.2, 0) is 14.3 Å². The Morgan fingerprint density at radius 1 is 0.867 bits per heavy atom. The molecule has 0 aromatic heterocycles. The van der Waals surface area contributed by atoms with Crippen LogP contribution in [0.2, 0.25) is 0 Å². The Morgan fingerprint density at radius 2 is 1.43 bits per heavy atom. The van der Waals surface area contributed by atoms with Crippen molar-refractivity contribution in [3.8, 4) is 11.1 Å². The first-order valence-electron chi connectivity index (χ1n) is 9.90. The number of methoxy groups -OCH3 is 1. The lowest BCUT2D eigenvalue weighted by molar-refractivity contribution is -0.141. The van der Waals surface area contributed by atoms with Crippen LogP contribution in [-0.4, -0.2) is 25.8 Å². The lowest BCUT2D eigenvalue weighted by atomic mass is 9.98. The van der Waals surface area contributed by atoms with Crippen LogP contribution in [0.5, 0.6) is 0 Å². The fourth-order valence-electron chi connectivity index (χ4n) is 3.97. The number of hydrogen-bond donors (Lipinski definition) is 1. The molecule has 0 saturated heterocycles. The van der Waals surface area contributed by atoms with E-state index in [1.165, 1.54) is 18.2 Å². The van der Waals surface area contributed by atoms with Gasteiger partial charge in [0.25, 0.3) is 0 Å². The Hall–Kier alpha value is -3.60. The van der Waals surface area contributed by atoms with E-state index in [4.69, 9.17) is 9.47 Å². The molecule has 3 aromatic rings. The van der Waals surface area contributed by atoms with Crippen molar-refractivity contribution < 1.29 is 19.1 Å². The second-order valence-electron chi connectivity index (χ2n) is 7.21. The number of fused-ring (bicyclic) bond motifs is 3. The number of ether oxygens (including phenoxy) is 2. The molecule has 0 spiro atoms. The van der Waals surface area contributed by atoms with Crippen LogP contribution >= 0.6 is 0 Å². The molecule has 0 bridgehead atoms. The first-order valence-corrected chi connectivity index (χ1v) is 9.90. The van der Waals surface area contributed by atoms with Gasteiger partial charge in [-0.05, 0) is 27.8 Å². The van der Waals surface area contributed by atoms with E-state index in [1.54, 1.807) is 0 Å². The summed E-state index contributed by atoms with van der Waals surface area (Å²) in [5, 5.41) is 2.81. The third-order valence-electron chi connectivity index (χ3n) is 5.44. The maximum atomic E-state index is 12.6. The predicted molar refractivity (Wildman–Crippen MR) is 114 cm³/mol. The molecule has 152 valence electrons. The molecule has 5 nitrogen and oxygen atoms in total. The highest BCUT2D eigenvalue weighted by molar-refractivity contribution is 5.79. The van der Waals surface area contributed by atoms with Gasteiger partial charge in [-0.3, -0.25) is 4.79 Å². The summed E-state index contributed by atoms with van der Waals surface area (Å²) in [6.45, 7) is 0.222. The lowest BCUT2D eigenvalue weighted by Crippen LogP contribution is -2.32. The van der Waals surface area contributed by atoms with Gasteiger partial charge in [-0.2, -0.15) is 0 Å². The minimum absolute atomic E-state index is 0.0149. The first-order chi connectivity index (χ1) is 14.7. The predicted octanol–water partition coefficient (Wildman–Crippen LogP) is 4.83. The molecule has 0 fully saturated rings.